The molecule has 0 aliphatic heterocycles. The maximum atomic E-state index is 12.1. The second kappa shape index (κ2) is 6.88. The number of carbonyl (C=O) groups excluding carboxylic acids is 1. The number of ether oxygens (including phenoxy) is 1. The van der Waals surface area contributed by atoms with Crippen LogP contribution >= 0.6 is 15.9 Å². The van der Waals surface area contributed by atoms with Gasteiger partial charge in [0, 0.05) is 6.04 Å². The van der Waals surface area contributed by atoms with Gasteiger partial charge in [0.1, 0.15) is 11.0 Å². The maximum absolute atomic E-state index is 12.1. The molecule has 0 atom stereocenters. The number of esters is 1. The molecule has 1 aromatic heterocycles. The highest BCUT2D eigenvalue weighted by Crippen LogP contribution is 2.24. The lowest BCUT2D eigenvalue weighted by molar-refractivity contribution is -0.141. The number of rotatable bonds is 4. The summed E-state index contributed by atoms with van der Waals surface area (Å²) in [4.78, 5) is 23.3. The van der Waals surface area contributed by atoms with Gasteiger partial charge in [0.25, 0.3) is 5.56 Å². The molecule has 0 amide bonds. The zero-order valence-electron chi connectivity index (χ0n) is 11.4. The summed E-state index contributed by atoms with van der Waals surface area (Å²) in [6.07, 6.45) is 7.49. The molecule has 0 saturated heterocycles. The van der Waals surface area contributed by atoms with Gasteiger partial charge >= 0.3 is 5.97 Å². The smallest absolute Gasteiger partial charge is 0.327 e. The molecule has 2 rings (SSSR count). The molecule has 0 unspecified atom stereocenters. The first-order valence-corrected chi connectivity index (χ1v) is 7.50. The molecule has 0 radical (unpaired) electrons. The van der Waals surface area contributed by atoms with Crippen molar-refractivity contribution >= 4 is 27.6 Å². The monoisotopic (exact) mass is 343 g/mol. The van der Waals surface area contributed by atoms with E-state index in [1.807, 2.05) is 0 Å². The number of nitrogens with zero attached hydrogens (tertiary/aromatic N) is 2. The number of carbonyl (C=O) groups is 1. The Hall–Kier alpha value is -1.37. The molecule has 20 heavy (non-hydrogen) atoms. The predicted octanol–water partition coefficient (Wildman–Crippen LogP) is 1.92. The summed E-state index contributed by atoms with van der Waals surface area (Å²) in [5.41, 5.74) is 0.347. The van der Waals surface area contributed by atoms with Crippen LogP contribution in [0.1, 0.15) is 32.1 Å². The molecule has 1 aliphatic rings. The van der Waals surface area contributed by atoms with Crippen LogP contribution in [-0.4, -0.2) is 28.9 Å². The van der Waals surface area contributed by atoms with Gasteiger partial charge < -0.3 is 10.1 Å². The van der Waals surface area contributed by atoms with Crippen LogP contribution in [0.25, 0.3) is 0 Å². The van der Waals surface area contributed by atoms with Gasteiger partial charge in [0.05, 0.1) is 19.0 Å². The van der Waals surface area contributed by atoms with Crippen molar-refractivity contribution in [2.75, 3.05) is 12.4 Å². The fourth-order valence-corrected chi connectivity index (χ4v) is 2.75. The Morgan fingerprint density at radius 1 is 1.50 bits per heavy atom. The molecule has 0 bridgehead atoms. The fraction of sp³-hybridized carbons (Fsp3) is 0.615. The van der Waals surface area contributed by atoms with Crippen molar-refractivity contribution in [3.05, 3.63) is 21.0 Å². The minimum Gasteiger partial charge on any atom is -0.468 e. The van der Waals surface area contributed by atoms with E-state index < -0.39 is 5.97 Å². The maximum Gasteiger partial charge on any atom is 0.327 e. The molecule has 1 fully saturated rings. The highest BCUT2D eigenvalue weighted by molar-refractivity contribution is 9.10. The molecule has 1 heterocycles. The molecule has 1 aliphatic carbocycles. The fourth-order valence-electron chi connectivity index (χ4n) is 2.33. The van der Waals surface area contributed by atoms with Gasteiger partial charge in [0.2, 0.25) is 0 Å². The molecule has 0 spiro atoms. The van der Waals surface area contributed by atoms with Gasteiger partial charge in [-0.3, -0.25) is 9.59 Å². The molecule has 110 valence electrons. The van der Waals surface area contributed by atoms with E-state index in [4.69, 9.17) is 0 Å². The molecule has 1 N–H and O–H groups in total. The lowest BCUT2D eigenvalue weighted by atomic mass is 9.95. The second-order valence-corrected chi connectivity index (χ2v) is 5.68. The number of hydrogen-bond acceptors (Lipinski definition) is 5. The summed E-state index contributed by atoms with van der Waals surface area (Å²) in [5, 5.41) is 7.35. The highest BCUT2D eigenvalue weighted by Gasteiger charge is 2.17. The Morgan fingerprint density at radius 3 is 2.85 bits per heavy atom. The number of halogens is 1. The van der Waals surface area contributed by atoms with E-state index >= 15 is 0 Å². The van der Waals surface area contributed by atoms with Crippen molar-refractivity contribution in [1.29, 1.82) is 0 Å². The number of anilines is 1. The average molecular weight is 344 g/mol. The standard InChI is InChI=1S/C13H18BrN3O3/c1-20-11(18)8-17-13(19)12(14)10(7-15-17)16-9-5-3-2-4-6-9/h7,9,16H,2-6,8H2,1H3. The number of methoxy groups -OCH3 is 1. The summed E-state index contributed by atoms with van der Waals surface area (Å²) in [6.45, 7) is -0.183. The minimum absolute atomic E-state index is 0.183. The molecule has 1 aromatic rings. The van der Waals surface area contributed by atoms with E-state index in [1.54, 1.807) is 6.20 Å². The molecule has 0 aromatic carbocycles. The van der Waals surface area contributed by atoms with Crippen molar-refractivity contribution in [3.8, 4) is 0 Å². The van der Waals surface area contributed by atoms with Crippen molar-refractivity contribution < 1.29 is 9.53 Å². The Morgan fingerprint density at radius 2 is 2.20 bits per heavy atom. The van der Waals surface area contributed by atoms with Gasteiger partial charge in [-0.05, 0) is 28.8 Å². The van der Waals surface area contributed by atoms with Crippen molar-refractivity contribution in [1.82, 2.24) is 9.78 Å². The lowest BCUT2D eigenvalue weighted by Crippen LogP contribution is -2.30. The second-order valence-electron chi connectivity index (χ2n) is 4.89. The summed E-state index contributed by atoms with van der Waals surface area (Å²) < 4.78 is 6.02. The highest BCUT2D eigenvalue weighted by atomic mass is 79.9. The van der Waals surface area contributed by atoms with E-state index in [9.17, 15) is 9.59 Å². The van der Waals surface area contributed by atoms with E-state index in [2.05, 4.69) is 31.1 Å². The van der Waals surface area contributed by atoms with E-state index in [1.165, 1.54) is 26.4 Å². The van der Waals surface area contributed by atoms with Crippen LogP contribution in [-0.2, 0) is 16.1 Å². The molecule has 7 heteroatoms. The first kappa shape index (κ1) is 15.0. The third-order valence-electron chi connectivity index (χ3n) is 3.46. The number of nitrogens with one attached hydrogen (secondary N) is 1. The SMILES string of the molecule is COC(=O)Cn1ncc(NC2CCCCC2)c(Br)c1=O. The predicted molar refractivity (Wildman–Crippen MR) is 78.7 cm³/mol. The number of hydrogen-bond donors (Lipinski definition) is 1. The van der Waals surface area contributed by atoms with Crippen molar-refractivity contribution in [3.63, 3.8) is 0 Å². The van der Waals surface area contributed by atoms with E-state index in [0.717, 1.165) is 17.5 Å². The van der Waals surface area contributed by atoms with Crippen LogP contribution < -0.4 is 10.9 Å². The molecular weight excluding hydrogens is 326 g/mol. The number of aromatic nitrogens is 2. The molecule has 1 saturated carbocycles. The lowest BCUT2D eigenvalue weighted by Gasteiger charge is -2.24. The van der Waals surface area contributed by atoms with E-state index in [-0.39, 0.29) is 12.1 Å². The quantitative estimate of drug-likeness (QED) is 0.845. The van der Waals surface area contributed by atoms with Crippen molar-refractivity contribution in [2.24, 2.45) is 0 Å². The first-order valence-electron chi connectivity index (χ1n) is 6.71. The Labute approximate surface area is 125 Å². The van der Waals surface area contributed by atoms with Crippen LogP contribution in [0.2, 0.25) is 0 Å². The third kappa shape index (κ3) is 3.59. The topological polar surface area (TPSA) is 73.2 Å². The van der Waals surface area contributed by atoms with Gasteiger partial charge in [-0.15, -0.1) is 0 Å². The zero-order valence-corrected chi connectivity index (χ0v) is 13.0. The van der Waals surface area contributed by atoms with Crippen LogP contribution in [0.15, 0.2) is 15.5 Å². The average Bonchev–Trinajstić information content (AvgIpc) is 2.48. The van der Waals surface area contributed by atoms with Crippen LogP contribution in [0.4, 0.5) is 5.69 Å². The Bertz CT molecular complexity index is 538. The molecule has 6 nitrogen and oxygen atoms in total. The van der Waals surface area contributed by atoms with Gasteiger partial charge in [-0.25, -0.2) is 4.68 Å². The summed E-state index contributed by atoms with van der Waals surface area (Å²) in [6, 6.07) is 0.387. The largest absolute Gasteiger partial charge is 0.468 e. The van der Waals surface area contributed by atoms with Crippen LogP contribution in [0, 0.1) is 0 Å². The summed E-state index contributed by atoms with van der Waals surface area (Å²) >= 11 is 3.28. The Balaban J connectivity index is 2.13. The normalized spacial score (nSPS) is 15.9. The van der Waals surface area contributed by atoms with E-state index in [0.29, 0.717) is 16.2 Å². The van der Waals surface area contributed by atoms with Crippen molar-refractivity contribution in [2.45, 2.75) is 44.7 Å². The van der Waals surface area contributed by atoms with Crippen LogP contribution in [0.5, 0.6) is 0 Å². The zero-order chi connectivity index (χ0) is 14.5. The third-order valence-corrected chi connectivity index (χ3v) is 4.22. The summed E-state index contributed by atoms with van der Waals surface area (Å²) in [5.74, 6) is -0.500. The summed E-state index contributed by atoms with van der Waals surface area (Å²) in [7, 11) is 1.28. The van der Waals surface area contributed by atoms with Gasteiger partial charge in [-0.1, -0.05) is 19.3 Å². The van der Waals surface area contributed by atoms with Gasteiger partial charge in [-0.2, -0.15) is 5.10 Å². The van der Waals surface area contributed by atoms with Gasteiger partial charge in [0.15, 0.2) is 0 Å². The Kier molecular flexibility index (Phi) is 5.17. The molecular formula is C13H18BrN3O3. The van der Waals surface area contributed by atoms with Crippen LogP contribution in [0.3, 0.4) is 0 Å². The minimum atomic E-state index is -0.500. The first-order chi connectivity index (χ1) is 9.61.